The zero-order valence-electron chi connectivity index (χ0n) is 25.1. The molecule has 236 valence electrons. The Labute approximate surface area is 263 Å². The van der Waals surface area contributed by atoms with Gasteiger partial charge in [-0.25, -0.2) is 18.6 Å². The molecule has 1 saturated carbocycles. The molecule has 1 N–H and O–H groups in total. The molecule has 46 heavy (non-hydrogen) atoms. The predicted octanol–water partition coefficient (Wildman–Crippen LogP) is 5.17. The summed E-state index contributed by atoms with van der Waals surface area (Å²) in [6, 6.07) is 14.8. The van der Waals surface area contributed by atoms with E-state index < -0.39 is 23.4 Å². The van der Waals surface area contributed by atoms with Gasteiger partial charge in [0.25, 0.3) is 5.79 Å². The monoisotopic (exact) mass is 627 g/mol. The van der Waals surface area contributed by atoms with Crippen LogP contribution >= 0.6 is 0 Å². The zero-order valence-corrected chi connectivity index (χ0v) is 25.1. The third-order valence-corrected chi connectivity index (χ3v) is 9.81. The topological polar surface area (TPSA) is 113 Å². The number of aromatic nitrogens is 2. The summed E-state index contributed by atoms with van der Waals surface area (Å²) in [5.41, 5.74) is 1.83. The fraction of sp³-hybridized carbons (Fsp3) is 0.382. The number of carboxylic acids is 1. The van der Waals surface area contributed by atoms with Crippen LogP contribution in [0.3, 0.4) is 0 Å². The summed E-state index contributed by atoms with van der Waals surface area (Å²) in [7, 11) is 0. The number of carboxylic acid groups (broad SMARTS) is 1. The number of halogens is 2. The Morgan fingerprint density at radius 3 is 2.61 bits per heavy atom. The molecular weight excluding hydrogens is 596 g/mol. The molecule has 0 radical (unpaired) electrons. The molecule has 12 heteroatoms. The zero-order chi connectivity index (χ0) is 31.7. The Bertz CT molecular complexity index is 1940. The van der Waals surface area contributed by atoms with Crippen LogP contribution in [0, 0.1) is 23.0 Å². The minimum Gasteiger partial charge on any atom is -0.478 e. The first-order chi connectivity index (χ1) is 22.2. The van der Waals surface area contributed by atoms with Crippen LogP contribution in [0.4, 0.5) is 14.5 Å². The van der Waals surface area contributed by atoms with Gasteiger partial charge >= 0.3 is 5.97 Å². The molecule has 3 aliphatic heterocycles. The average molecular weight is 628 g/mol. The van der Waals surface area contributed by atoms with Crippen LogP contribution in [0.1, 0.15) is 53.5 Å². The van der Waals surface area contributed by atoms with E-state index in [1.807, 2.05) is 28.8 Å². The van der Waals surface area contributed by atoms with Gasteiger partial charge in [0.05, 0.1) is 53.2 Å². The number of imidazole rings is 1. The number of anilines is 1. The number of nitriles is 1. The standard InChI is InChI=1S/C34H31F2N5O5/c1-34(22-6-5-19(16-37)13-23(22)35)45-29-4-2-3-27(32(29)46-34)40-11-10-39(25-7-8-26(25)40)18-30-38-31-24(36)14-20(33(42)43)15-28(31)41(30)17-21-9-12-44-21/h2-6,13-15,21,25-26H,7-12,17-18H2,1H3,(H,42,43)/t21-,25+,26-,34-/m0/s1. The van der Waals surface area contributed by atoms with Crippen LogP contribution < -0.4 is 14.4 Å². The smallest absolute Gasteiger partial charge is 0.335 e. The molecule has 8 rings (SSSR count). The molecule has 0 unspecified atom stereocenters. The van der Waals surface area contributed by atoms with Crippen molar-refractivity contribution in [2.24, 2.45) is 0 Å². The fourth-order valence-corrected chi connectivity index (χ4v) is 7.21. The quantitative estimate of drug-likeness (QED) is 0.297. The Hall–Kier alpha value is -4.73. The Kier molecular flexibility index (Phi) is 6.67. The van der Waals surface area contributed by atoms with E-state index in [9.17, 15) is 9.90 Å². The number of carbonyl (C=O) groups is 1. The van der Waals surface area contributed by atoms with Gasteiger partial charge in [-0.2, -0.15) is 5.26 Å². The number of para-hydroxylation sites is 1. The Balaban J connectivity index is 1.06. The van der Waals surface area contributed by atoms with E-state index in [1.54, 1.807) is 13.0 Å². The minimum absolute atomic E-state index is 0.0215. The van der Waals surface area contributed by atoms with Gasteiger partial charge in [-0.05, 0) is 61.7 Å². The first-order valence-electron chi connectivity index (χ1n) is 15.5. The maximum atomic E-state index is 15.1. The highest BCUT2D eigenvalue weighted by Crippen LogP contribution is 2.51. The molecule has 4 atom stereocenters. The number of hydrogen-bond donors (Lipinski definition) is 1. The molecule has 3 aromatic carbocycles. The normalized spacial score (nSPS) is 25.1. The third-order valence-electron chi connectivity index (χ3n) is 9.81. The van der Waals surface area contributed by atoms with Crippen molar-refractivity contribution < 1.29 is 32.9 Å². The van der Waals surface area contributed by atoms with E-state index in [2.05, 4.69) is 14.8 Å². The molecule has 1 aliphatic carbocycles. The Morgan fingerprint density at radius 1 is 1.09 bits per heavy atom. The summed E-state index contributed by atoms with van der Waals surface area (Å²) < 4.78 is 50.3. The van der Waals surface area contributed by atoms with Crippen LogP contribution in [0.2, 0.25) is 0 Å². The lowest BCUT2D eigenvalue weighted by molar-refractivity contribution is -0.0706. The second-order valence-electron chi connectivity index (χ2n) is 12.5. The number of aromatic carboxylic acids is 1. The first-order valence-corrected chi connectivity index (χ1v) is 15.5. The molecule has 4 aromatic rings. The second-order valence-corrected chi connectivity index (χ2v) is 12.5. The molecule has 10 nitrogen and oxygen atoms in total. The number of fused-ring (bicyclic) bond motifs is 3. The fourth-order valence-electron chi connectivity index (χ4n) is 7.21. The van der Waals surface area contributed by atoms with Gasteiger partial charge in [-0.15, -0.1) is 0 Å². The number of piperazine rings is 1. The summed E-state index contributed by atoms with van der Waals surface area (Å²) in [6.07, 6.45) is 2.81. The highest BCUT2D eigenvalue weighted by atomic mass is 19.1. The van der Waals surface area contributed by atoms with Crippen LogP contribution in [0.5, 0.6) is 11.5 Å². The van der Waals surface area contributed by atoms with Gasteiger partial charge < -0.3 is 28.8 Å². The molecule has 0 spiro atoms. The van der Waals surface area contributed by atoms with Gasteiger partial charge in [0.1, 0.15) is 17.2 Å². The van der Waals surface area contributed by atoms with E-state index in [0.29, 0.717) is 55.6 Å². The van der Waals surface area contributed by atoms with Crippen molar-refractivity contribution in [3.8, 4) is 17.6 Å². The third kappa shape index (κ3) is 4.56. The largest absolute Gasteiger partial charge is 0.478 e. The van der Waals surface area contributed by atoms with E-state index >= 15 is 8.78 Å². The number of rotatable bonds is 7. The first kappa shape index (κ1) is 28.7. The van der Waals surface area contributed by atoms with Crippen LogP contribution in [0.25, 0.3) is 11.0 Å². The van der Waals surface area contributed by atoms with Crippen molar-refractivity contribution in [1.29, 1.82) is 5.26 Å². The molecule has 3 fully saturated rings. The van der Waals surface area contributed by atoms with E-state index in [4.69, 9.17) is 19.5 Å². The summed E-state index contributed by atoms with van der Waals surface area (Å²) >= 11 is 0. The highest BCUT2D eigenvalue weighted by Gasteiger charge is 2.47. The van der Waals surface area contributed by atoms with Crippen LogP contribution in [0.15, 0.2) is 48.5 Å². The summed E-state index contributed by atoms with van der Waals surface area (Å²) in [4.78, 5) is 21.1. The molecule has 0 bridgehead atoms. The van der Waals surface area contributed by atoms with Crippen molar-refractivity contribution in [2.45, 2.75) is 63.3 Å². The van der Waals surface area contributed by atoms with E-state index in [0.717, 1.165) is 31.0 Å². The van der Waals surface area contributed by atoms with Crippen molar-refractivity contribution in [3.05, 3.63) is 82.7 Å². The summed E-state index contributed by atoms with van der Waals surface area (Å²) in [6.45, 7) is 4.71. The van der Waals surface area contributed by atoms with Crippen molar-refractivity contribution in [1.82, 2.24) is 14.5 Å². The lowest BCUT2D eigenvalue weighted by Crippen LogP contribution is -2.64. The number of ether oxygens (including phenoxy) is 3. The molecular formula is C34H31F2N5O5. The number of hydrogen-bond acceptors (Lipinski definition) is 8. The van der Waals surface area contributed by atoms with Gasteiger partial charge in [-0.1, -0.05) is 6.07 Å². The lowest BCUT2D eigenvalue weighted by Gasteiger charge is -2.54. The number of benzene rings is 3. The molecule has 4 aliphatic rings. The SMILES string of the molecule is C[C@]1(c2ccc(C#N)cc2F)Oc2cccc(N3CCN(Cc4nc5c(F)cc(C(=O)O)cc5n4C[C@@H]4CCO4)[C@@H]4CC[C@@H]43)c2O1. The highest BCUT2D eigenvalue weighted by molar-refractivity contribution is 5.92. The molecule has 2 saturated heterocycles. The van der Waals surface area contributed by atoms with Crippen molar-refractivity contribution in [2.75, 3.05) is 24.6 Å². The summed E-state index contributed by atoms with van der Waals surface area (Å²) in [5, 5.41) is 18.7. The van der Waals surface area contributed by atoms with Crippen LogP contribution in [-0.2, 0) is 23.6 Å². The van der Waals surface area contributed by atoms with E-state index in [1.165, 1.54) is 18.2 Å². The predicted molar refractivity (Wildman–Crippen MR) is 162 cm³/mol. The van der Waals surface area contributed by atoms with Crippen LogP contribution in [-0.4, -0.2) is 63.4 Å². The molecule has 1 aromatic heterocycles. The maximum Gasteiger partial charge on any atom is 0.335 e. The lowest BCUT2D eigenvalue weighted by atomic mass is 9.81. The van der Waals surface area contributed by atoms with Gasteiger partial charge in [0.15, 0.2) is 17.3 Å². The van der Waals surface area contributed by atoms with Crippen molar-refractivity contribution in [3.63, 3.8) is 0 Å². The molecule has 0 amide bonds. The average Bonchev–Trinajstić information content (AvgIpc) is 3.52. The maximum absolute atomic E-state index is 15.1. The van der Waals surface area contributed by atoms with Gasteiger partial charge in [0.2, 0.25) is 0 Å². The van der Waals surface area contributed by atoms with Crippen molar-refractivity contribution >= 4 is 22.7 Å². The Morgan fingerprint density at radius 2 is 1.91 bits per heavy atom. The second kappa shape index (κ2) is 10.7. The van der Waals surface area contributed by atoms with E-state index in [-0.39, 0.29) is 40.4 Å². The van der Waals surface area contributed by atoms with Gasteiger partial charge in [0, 0.05) is 38.7 Å². The van der Waals surface area contributed by atoms with Gasteiger partial charge in [-0.3, -0.25) is 4.90 Å². The summed E-state index contributed by atoms with van der Waals surface area (Å²) in [5.74, 6) is -2.04. The minimum atomic E-state index is -1.39. The number of nitrogens with zero attached hydrogens (tertiary/aromatic N) is 5. The molecule has 4 heterocycles.